The zero-order chi connectivity index (χ0) is 16.2. The number of rotatable bonds is 5. The molecule has 0 bridgehead atoms. The summed E-state index contributed by atoms with van der Waals surface area (Å²) in [4.78, 5) is 11.7. The quantitative estimate of drug-likeness (QED) is 0.717. The Morgan fingerprint density at radius 3 is 2.82 bits per heavy atom. The van der Waals surface area contributed by atoms with Gasteiger partial charge in [0.1, 0.15) is 5.75 Å². The van der Waals surface area contributed by atoms with Crippen LogP contribution in [0, 0.1) is 0 Å². The van der Waals surface area contributed by atoms with E-state index < -0.39 is 22.0 Å². The van der Waals surface area contributed by atoms with Crippen LogP contribution in [0.15, 0.2) is 24.3 Å². The molecule has 1 aromatic rings. The minimum Gasteiger partial charge on any atom is -0.496 e. The molecule has 22 heavy (non-hydrogen) atoms. The summed E-state index contributed by atoms with van der Waals surface area (Å²) in [5, 5.41) is 15.2. The first-order valence-electron chi connectivity index (χ1n) is 6.97. The lowest BCUT2D eigenvalue weighted by Crippen LogP contribution is -2.43. The van der Waals surface area contributed by atoms with Crippen molar-refractivity contribution in [3.63, 3.8) is 0 Å². The number of para-hydroxylation sites is 1. The van der Waals surface area contributed by atoms with Crippen molar-refractivity contribution < 1.29 is 23.1 Å². The third-order valence-electron chi connectivity index (χ3n) is 3.52. The fraction of sp³-hybridized carbons (Fsp3) is 0.500. The van der Waals surface area contributed by atoms with E-state index in [1.165, 1.54) is 7.11 Å². The molecule has 1 aliphatic heterocycles. The number of ether oxygens (including phenoxy) is 1. The van der Waals surface area contributed by atoms with Crippen LogP contribution in [0.5, 0.6) is 5.75 Å². The van der Waals surface area contributed by atoms with E-state index in [4.69, 9.17) is 4.74 Å². The molecular formula is C14H20N2O5S. The fourth-order valence-electron chi connectivity index (χ4n) is 2.39. The Morgan fingerprint density at radius 1 is 1.45 bits per heavy atom. The molecule has 1 saturated heterocycles. The lowest BCUT2D eigenvalue weighted by atomic mass is 10.1. The molecule has 0 unspecified atom stereocenters. The SMILES string of the molecule is COc1ccccc1[C@H](O)CNC(=O)N[C@@H]1CCS(=O)(=O)C1. The maximum absolute atomic E-state index is 11.7. The van der Waals surface area contributed by atoms with Crippen LogP contribution < -0.4 is 15.4 Å². The predicted molar refractivity (Wildman–Crippen MR) is 81.5 cm³/mol. The molecule has 0 spiro atoms. The summed E-state index contributed by atoms with van der Waals surface area (Å²) >= 11 is 0. The molecule has 0 radical (unpaired) electrons. The van der Waals surface area contributed by atoms with Crippen LogP contribution in [0.4, 0.5) is 4.79 Å². The maximum atomic E-state index is 11.7. The normalized spacial score (nSPS) is 21.1. The zero-order valence-electron chi connectivity index (χ0n) is 12.3. The van der Waals surface area contributed by atoms with Crippen LogP contribution in [0.1, 0.15) is 18.1 Å². The van der Waals surface area contributed by atoms with Crippen LogP contribution in [-0.4, -0.2) is 50.8 Å². The highest BCUT2D eigenvalue weighted by Gasteiger charge is 2.29. The molecule has 0 aliphatic carbocycles. The second-order valence-electron chi connectivity index (χ2n) is 5.21. The zero-order valence-corrected chi connectivity index (χ0v) is 13.1. The average molecular weight is 328 g/mol. The van der Waals surface area contributed by atoms with E-state index in [1.54, 1.807) is 24.3 Å². The number of benzene rings is 1. The summed E-state index contributed by atoms with van der Waals surface area (Å²) in [6, 6.07) is 6.14. The van der Waals surface area contributed by atoms with Gasteiger partial charge in [0.25, 0.3) is 0 Å². The number of carbonyl (C=O) groups is 1. The number of sulfone groups is 1. The Hall–Kier alpha value is -1.80. The van der Waals surface area contributed by atoms with E-state index in [1.807, 2.05) is 0 Å². The topological polar surface area (TPSA) is 105 Å². The smallest absolute Gasteiger partial charge is 0.315 e. The summed E-state index contributed by atoms with van der Waals surface area (Å²) in [5.74, 6) is 0.608. The first kappa shape index (κ1) is 16.6. The van der Waals surface area contributed by atoms with Gasteiger partial charge in [0, 0.05) is 18.2 Å². The van der Waals surface area contributed by atoms with Gasteiger partial charge in [-0.1, -0.05) is 18.2 Å². The van der Waals surface area contributed by atoms with E-state index in [0.29, 0.717) is 17.7 Å². The van der Waals surface area contributed by atoms with Crippen LogP contribution >= 0.6 is 0 Å². The number of aliphatic hydroxyl groups excluding tert-OH is 1. The molecule has 8 heteroatoms. The number of amides is 2. The number of aliphatic hydroxyl groups is 1. The second-order valence-corrected chi connectivity index (χ2v) is 7.44. The molecule has 2 rings (SSSR count). The summed E-state index contributed by atoms with van der Waals surface area (Å²) in [6.07, 6.45) is -0.487. The first-order valence-corrected chi connectivity index (χ1v) is 8.79. The Labute approximate surface area is 129 Å². The fourth-order valence-corrected chi connectivity index (χ4v) is 4.06. The molecule has 7 nitrogen and oxygen atoms in total. The number of urea groups is 1. The molecule has 1 aliphatic rings. The lowest BCUT2D eigenvalue weighted by molar-refractivity contribution is 0.169. The van der Waals surface area contributed by atoms with Crippen molar-refractivity contribution in [1.82, 2.24) is 10.6 Å². The van der Waals surface area contributed by atoms with Crippen molar-refractivity contribution in [3.8, 4) is 5.75 Å². The second kappa shape index (κ2) is 6.97. The molecule has 2 amide bonds. The molecular weight excluding hydrogens is 308 g/mol. The van der Waals surface area contributed by atoms with Gasteiger partial charge in [-0.3, -0.25) is 0 Å². The van der Waals surface area contributed by atoms with Crippen molar-refractivity contribution in [2.24, 2.45) is 0 Å². The standard InChI is InChI=1S/C14H20N2O5S/c1-21-13-5-3-2-4-11(13)12(17)8-15-14(18)16-10-6-7-22(19,20)9-10/h2-5,10,12,17H,6-9H2,1H3,(H2,15,16,18)/t10-,12-/m1/s1. The Kier molecular flexibility index (Phi) is 5.25. The largest absolute Gasteiger partial charge is 0.496 e. The first-order chi connectivity index (χ1) is 10.4. The highest BCUT2D eigenvalue weighted by atomic mass is 32.2. The van der Waals surface area contributed by atoms with E-state index >= 15 is 0 Å². The third kappa shape index (κ3) is 4.35. The van der Waals surface area contributed by atoms with E-state index in [9.17, 15) is 18.3 Å². The highest BCUT2D eigenvalue weighted by Crippen LogP contribution is 2.23. The molecule has 0 aromatic heterocycles. The van der Waals surface area contributed by atoms with E-state index in [2.05, 4.69) is 10.6 Å². The predicted octanol–water partition coefficient (Wildman–Crippen LogP) is 0.215. The molecule has 2 atom stereocenters. The van der Waals surface area contributed by atoms with E-state index in [0.717, 1.165) is 0 Å². The Bertz CT molecular complexity index is 632. The van der Waals surface area contributed by atoms with Gasteiger partial charge < -0.3 is 20.5 Å². The molecule has 1 aromatic carbocycles. The minimum atomic E-state index is -3.03. The monoisotopic (exact) mass is 328 g/mol. The van der Waals surface area contributed by atoms with Crippen LogP contribution in [-0.2, 0) is 9.84 Å². The maximum Gasteiger partial charge on any atom is 0.315 e. The van der Waals surface area contributed by atoms with Gasteiger partial charge in [-0.05, 0) is 12.5 Å². The number of carbonyl (C=O) groups excluding carboxylic acids is 1. The van der Waals surface area contributed by atoms with Gasteiger partial charge in [0.05, 0.1) is 24.7 Å². The van der Waals surface area contributed by atoms with Gasteiger partial charge in [0.15, 0.2) is 9.84 Å². The van der Waals surface area contributed by atoms with Crippen LogP contribution in [0.25, 0.3) is 0 Å². The average Bonchev–Trinajstić information content (AvgIpc) is 2.83. The van der Waals surface area contributed by atoms with Crippen molar-refractivity contribution in [1.29, 1.82) is 0 Å². The number of methoxy groups -OCH3 is 1. The van der Waals surface area contributed by atoms with Crippen LogP contribution in [0.2, 0.25) is 0 Å². The summed E-state index contributed by atoms with van der Waals surface area (Å²) in [6.45, 7) is 0.00563. The number of hydrogen-bond acceptors (Lipinski definition) is 5. The summed E-state index contributed by atoms with van der Waals surface area (Å²) in [5.41, 5.74) is 0.578. The van der Waals surface area contributed by atoms with Crippen molar-refractivity contribution >= 4 is 15.9 Å². The highest BCUT2D eigenvalue weighted by molar-refractivity contribution is 7.91. The van der Waals surface area contributed by atoms with Gasteiger partial charge in [-0.15, -0.1) is 0 Å². The minimum absolute atomic E-state index is 0.00563. The molecule has 0 saturated carbocycles. The van der Waals surface area contributed by atoms with Gasteiger partial charge >= 0.3 is 6.03 Å². The van der Waals surface area contributed by atoms with Gasteiger partial charge in [0.2, 0.25) is 0 Å². The molecule has 3 N–H and O–H groups in total. The van der Waals surface area contributed by atoms with E-state index in [-0.39, 0.29) is 24.1 Å². The van der Waals surface area contributed by atoms with Crippen molar-refractivity contribution in [2.45, 2.75) is 18.6 Å². The van der Waals surface area contributed by atoms with Gasteiger partial charge in [-0.2, -0.15) is 0 Å². The molecule has 1 fully saturated rings. The summed E-state index contributed by atoms with van der Waals surface area (Å²) < 4.78 is 27.8. The Morgan fingerprint density at radius 2 is 2.18 bits per heavy atom. The number of nitrogens with one attached hydrogen (secondary N) is 2. The molecule has 1 heterocycles. The van der Waals surface area contributed by atoms with Crippen molar-refractivity contribution in [2.75, 3.05) is 25.2 Å². The summed E-state index contributed by atoms with van der Waals surface area (Å²) in [7, 11) is -1.53. The van der Waals surface area contributed by atoms with Crippen molar-refractivity contribution in [3.05, 3.63) is 29.8 Å². The third-order valence-corrected chi connectivity index (χ3v) is 5.29. The Balaban J connectivity index is 1.83. The number of hydrogen-bond donors (Lipinski definition) is 3. The van der Waals surface area contributed by atoms with Crippen LogP contribution in [0.3, 0.4) is 0 Å². The molecule has 122 valence electrons. The van der Waals surface area contributed by atoms with Gasteiger partial charge in [-0.25, -0.2) is 13.2 Å². The lowest BCUT2D eigenvalue weighted by Gasteiger charge is -2.17.